The van der Waals surface area contributed by atoms with Gasteiger partial charge < -0.3 is 14.6 Å². The third-order valence-corrected chi connectivity index (χ3v) is 10.6. The average Bonchev–Trinajstić information content (AvgIpc) is 3.05. The first-order chi connectivity index (χ1) is 22.4. The van der Waals surface area contributed by atoms with Crippen molar-refractivity contribution in [3.63, 3.8) is 0 Å². The molecule has 1 radical (unpaired) electrons. The number of aliphatic hydroxyl groups is 1. The summed E-state index contributed by atoms with van der Waals surface area (Å²) in [6.45, 7) is 2.85. The number of ether oxygens (including phenoxy) is 2. The predicted octanol–water partition coefficient (Wildman–Crippen LogP) is 9.01. The van der Waals surface area contributed by atoms with Crippen LogP contribution >= 0.6 is 7.92 Å². The third-order valence-electron chi connectivity index (χ3n) is 8.05. The van der Waals surface area contributed by atoms with E-state index in [9.17, 15) is 4.79 Å². The van der Waals surface area contributed by atoms with Crippen LogP contribution in [0.15, 0.2) is 127 Å². The molecule has 0 fully saturated rings. The van der Waals surface area contributed by atoms with Crippen LogP contribution in [0.4, 0.5) is 0 Å². The van der Waals surface area contributed by atoms with Gasteiger partial charge in [-0.05, 0) is 90.0 Å². The topological polar surface area (TPSA) is 68.7 Å². The van der Waals surface area contributed by atoms with Gasteiger partial charge in [0.2, 0.25) is 0 Å². The van der Waals surface area contributed by atoms with Crippen LogP contribution in [0.3, 0.4) is 0 Å². The van der Waals surface area contributed by atoms with Gasteiger partial charge in [-0.1, -0.05) is 91.0 Å². The Balaban J connectivity index is 0.000000399. The molecule has 9 rings (SSSR count). The number of allylic oxidation sites excluding steroid dienone is 2. The summed E-state index contributed by atoms with van der Waals surface area (Å²) in [5.74, 6) is 3.28. The normalized spacial score (nSPS) is 14.0. The number of ketones is 1. The molecule has 5 nitrogen and oxygen atoms in total. The second-order valence-electron chi connectivity index (χ2n) is 11.4. The molecule has 0 spiro atoms. The van der Waals surface area contributed by atoms with Gasteiger partial charge >= 0.3 is 0 Å². The van der Waals surface area contributed by atoms with E-state index in [-0.39, 0.29) is 31.6 Å². The summed E-state index contributed by atoms with van der Waals surface area (Å²) in [6, 6.07) is 43.9. The summed E-state index contributed by atoms with van der Waals surface area (Å²) >= 11 is 0. The maximum Gasteiger partial charge on any atom is 0.155 e. The largest absolute Gasteiger partial charge is 0.512 e. The number of carbonyl (C=O) groups excluding carboxylic acids is 1. The molecule has 2 aliphatic rings. The summed E-state index contributed by atoms with van der Waals surface area (Å²) in [4.78, 5) is 15.0. The molecule has 231 valence electrons. The van der Waals surface area contributed by atoms with Crippen LogP contribution in [0, 0.1) is 6.07 Å². The van der Waals surface area contributed by atoms with E-state index in [4.69, 9.17) is 19.6 Å². The van der Waals surface area contributed by atoms with Crippen molar-refractivity contribution >= 4 is 62.1 Å². The van der Waals surface area contributed by atoms with Gasteiger partial charge in [0.15, 0.2) is 5.78 Å². The van der Waals surface area contributed by atoms with Crippen LogP contribution in [-0.4, -0.2) is 15.9 Å². The zero-order chi connectivity index (χ0) is 31.4. The van der Waals surface area contributed by atoms with E-state index >= 15 is 0 Å². The van der Waals surface area contributed by atoms with Crippen molar-refractivity contribution in [1.82, 2.24) is 4.98 Å². The molecule has 7 heteroatoms. The Morgan fingerprint density at radius 1 is 0.702 bits per heavy atom. The number of pyridine rings is 1. The number of hydrogen-bond donors (Lipinski definition) is 1. The van der Waals surface area contributed by atoms with Crippen LogP contribution in [0.2, 0.25) is 0 Å². The van der Waals surface area contributed by atoms with Crippen LogP contribution in [-0.2, 0) is 24.9 Å². The molecule has 7 aromatic rings. The number of rotatable bonds is 2. The van der Waals surface area contributed by atoms with Crippen molar-refractivity contribution in [3.8, 4) is 34.3 Å². The van der Waals surface area contributed by atoms with E-state index in [1.54, 1.807) is 0 Å². The molecular formula is C40H27IrNO4P-. The fraction of sp³-hybridized carbons (Fsp3) is 0.0500. The van der Waals surface area contributed by atoms with Crippen molar-refractivity contribution in [2.24, 2.45) is 0 Å². The van der Waals surface area contributed by atoms with Gasteiger partial charge in [-0.15, -0.1) is 5.56 Å². The molecule has 1 atom stereocenters. The standard InChI is InChI=1S/C35H19NO2P.C5H8O2.Ir/c1-3-10-24-19-33-29(15-22(24)8-1)37-31-17-26(28-14-13-21-7-5-6-12-27(21)36-28)18-32-35(31)39(33)34-20-25-11-4-2-9-23(25)16-30(34)38-32;1-4(6)3-5(2)7;/h1-17,19-20H;3,6H,1-2H3;/q-1;;/b;4-3-;. The minimum Gasteiger partial charge on any atom is -0.512 e. The van der Waals surface area contributed by atoms with Gasteiger partial charge in [0.05, 0.1) is 22.8 Å². The number of fused-ring (bicyclic) bond motifs is 7. The molecule has 0 saturated heterocycles. The van der Waals surface area contributed by atoms with E-state index < -0.39 is 7.92 Å². The molecule has 6 aromatic carbocycles. The number of para-hydroxylation sites is 1. The third kappa shape index (κ3) is 5.70. The Morgan fingerprint density at radius 2 is 1.26 bits per heavy atom. The molecule has 0 bridgehead atoms. The fourth-order valence-corrected chi connectivity index (χ4v) is 8.64. The van der Waals surface area contributed by atoms with Gasteiger partial charge in [0.1, 0.15) is 11.5 Å². The fourth-order valence-electron chi connectivity index (χ4n) is 6.07. The van der Waals surface area contributed by atoms with E-state index in [1.807, 2.05) is 24.3 Å². The second-order valence-corrected chi connectivity index (χ2v) is 13.5. The number of benzene rings is 6. The number of nitrogens with zero attached hydrogens (tertiary/aromatic N) is 1. The minimum atomic E-state index is -0.909. The van der Waals surface area contributed by atoms with Crippen LogP contribution in [0.25, 0.3) is 43.7 Å². The first-order valence-electron chi connectivity index (χ1n) is 15.0. The molecule has 1 unspecified atom stereocenters. The Bertz CT molecular complexity index is 2290. The molecule has 47 heavy (non-hydrogen) atoms. The molecule has 1 aromatic heterocycles. The predicted molar refractivity (Wildman–Crippen MR) is 187 cm³/mol. The summed E-state index contributed by atoms with van der Waals surface area (Å²) in [5.41, 5.74) is 2.66. The van der Waals surface area contributed by atoms with Crippen molar-refractivity contribution in [2.75, 3.05) is 0 Å². The molecule has 0 saturated carbocycles. The molecular weight excluding hydrogens is 782 g/mol. The Labute approximate surface area is 286 Å². The molecule has 3 heterocycles. The van der Waals surface area contributed by atoms with E-state index in [0.29, 0.717) is 0 Å². The Hall–Kier alpha value is -4.86. The number of aliphatic hydroxyl groups excluding tert-OH is 1. The van der Waals surface area contributed by atoms with Gasteiger partial charge in [-0.3, -0.25) is 9.78 Å². The zero-order valence-corrected chi connectivity index (χ0v) is 28.7. The first-order valence-corrected chi connectivity index (χ1v) is 16.3. The first kappa shape index (κ1) is 30.8. The van der Waals surface area contributed by atoms with Crippen molar-refractivity contribution < 1.29 is 39.5 Å². The van der Waals surface area contributed by atoms with Gasteiger partial charge in [-0.2, -0.15) is 0 Å². The number of carbonyl (C=O) groups is 1. The van der Waals surface area contributed by atoms with E-state index in [2.05, 4.69) is 97.1 Å². The van der Waals surface area contributed by atoms with Crippen LogP contribution in [0.5, 0.6) is 23.0 Å². The quantitative estimate of drug-likeness (QED) is 0.0818. The average molecular weight is 809 g/mol. The summed E-state index contributed by atoms with van der Waals surface area (Å²) < 4.78 is 13.3. The monoisotopic (exact) mass is 809 g/mol. The van der Waals surface area contributed by atoms with Crippen LogP contribution < -0.4 is 25.4 Å². The zero-order valence-electron chi connectivity index (χ0n) is 25.4. The Kier molecular flexibility index (Phi) is 8.11. The smallest absolute Gasteiger partial charge is 0.155 e. The molecule has 0 amide bonds. The van der Waals surface area contributed by atoms with Crippen molar-refractivity contribution in [1.29, 1.82) is 0 Å². The van der Waals surface area contributed by atoms with Crippen LogP contribution in [0.1, 0.15) is 13.8 Å². The van der Waals surface area contributed by atoms with Gasteiger partial charge in [-0.25, -0.2) is 0 Å². The van der Waals surface area contributed by atoms with Gasteiger partial charge in [0.25, 0.3) is 0 Å². The SMILES string of the molecule is CC(=O)/C=C(/C)O.[Ir].[c-]1c(-c2ccc3ccccc3n2)cc2c3c1Oc1cc4ccccc4cc1P3c1cc3ccccc3cc1O2. The second kappa shape index (κ2) is 12.4. The summed E-state index contributed by atoms with van der Waals surface area (Å²) in [7, 11) is -0.909. The molecule has 1 N–H and O–H groups in total. The summed E-state index contributed by atoms with van der Waals surface area (Å²) in [5, 5.41) is 17.7. The maximum atomic E-state index is 10.0. The summed E-state index contributed by atoms with van der Waals surface area (Å²) in [6.07, 6.45) is 1.17. The maximum absolute atomic E-state index is 10.0. The molecule has 0 aliphatic carbocycles. The van der Waals surface area contributed by atoms with Gasteiger partial charge in [0, 0.05) is 36.8 Å². The number of hydrogen-bond acceptors (Lipinski definition) is 5. The van der Waals surface area contributed by atoms with Crippen molar-refractivity contribution in [3.05, 3.63) is 133 Å². The van der Waals surface area contributed by atoms with Crippen molar-refractivity contribution in [2.45, 2.75) is 13.8 Å². The molecule has 2 aliphatic heterocycles. The van der Waals surface area contributed by atoms with E-state index in [1.165, 1.54) is 46.7 Å². The Morgan fingerprint density at radius 3 is 1.83 bits per heavy atom. The number of aromatic nitrogens is 1. The van der Waals surface area contributed by atoms with E-state index in [0.717, 1.165) is 55.8 Å². The minimum absolute atomic E-state index is 0.